The third-order valence-corrected chi connectivity index (χ3v) is 2.92. The lowest BCUT2D eigenvalue weighted by molar-refractivity contribution is -0.116. The molecule has 0 aromatic rings. The van der Waals surface area contributed by atoms with Gasteiger partial charge in [0.1, 0.15) is 6.29 Å². The van der Waals surface area contributed by atoms with Crippen molar-refractivity contribution in [3.8, 4) is 0 Å². The number of carbonyl (C=O) groups excluding carboxylic acids is 1. The smallest absolute Gasteiger partial charge is 0.127 e. The van der Waals surface area contributed by atoms with Gasteiger partial charge in [0.15, 0.2) is 0 Å². The molecule has 0 aliphatic heterocycles. The fourth-order valence-corrected chi connectivity index (χ4v) is 1.54. The molecular weight excluding hydrogens is 190 g/mol. The van der Waals surface area contributed by atoms with Crippen LogP contribution in [-0.2, 0) is 4.79 Å². The predicted octanol–water partition coefficient (Wildman–Crippen LogP) is 1.70. The first-order valence-corrected chi connectivity index (χ1v) is 5.91. The Morgan fingerprint density at radius 3 is 2.40 bits per heavy atom. The van der Waals surface area contributed by atoms with Crippen molar-refractivity contribution in [2.75, 3.05) is 26.2 Å². The maximum atomic E-state index is 11.0. The molecule has 3 nitrogen and oxygen atoms in total. The van der Waals surface area contributed by atoms with E-state index in [4.69, 9.17) is 5.11 Å². The standard InChI is InChI=1S/C12H25NO2/c1-4-6-7-13(8-9-14)10-12(3,5-2)11-15/h11,14H,4-10H2,1-3H3. The predicted molar refractivity (Wildman–Crippen MR) is 62.9 cm³/mol. The first-order chi connectivity index (χ1) is 7.11. The van der Waals surface area contributed by atoms with Crippen molar-refractivity contribution in [2.24, 2.45) is 5.41 Å². The Balaban J connectivity index is 4.17. The van der Waals surface area contributed by atoms with Gasteiger partial charge in [-0.2, -0.15) is 0 Å². The molecule has 1 unspecified atom stereocenters. The van der Waals surface area contributed by atoms with Gasteiger partial charge in [-0.25, -0.2) is 0 Å². The van der Waals surface area contributed by atoms with E-state index in [-0.39, 0.29) is 12.0 Å². The summed E-state index contributed by atoms with van der Waals surface area (Å²) < 4.78 is 0. The van der Waals surface area contributed by atoms with Crippen molar-refractivity contribution in [3.63, 3.8) is 0 Å². The molecule has 3 heteroatoms. The largest absolute Gasteiger partial charge is 0.395 e. The van der Waals surface area contributed by atoms with E-state index in [2.05, 4.69) is 11.8 Å². The summed E-state index contributed by atoms with van der Waals surface area (Å²) in [4.78, 5) is 13.2. The van der Waals surface area contributed by atoms with E-state index in [9.17, 15) is 4.79 Å². The van der Waals surface area contributed by atoms with Crippen LogP contribution in [0, 0.1) is 5.41 Å². The third kappa shape index (κ3) is 5.90. The highest BCUT2D eigenvalue weighted by Gasteiger charge is 2.24. The van der Waals surface area contributed by atoms with Crippen LogP contribution >= 0.6 is 0 Å². The minimum Gasteiger partial charge on any atom is -0.395 e. The van der Waals surface area contributed by atoms with Crippen LogP contribution in [0.4, 0.5) is 0 Å². The second kappa shape index (κ2) is 7.83. The molecule has 0 rings (SSSR count). The van der Waals surface area contributed by atoms with Gasteiger partial charge in [-0.15, -0.1) is 0 Å². The Kier molecular flexibility index (Phi) is 7.61. The van der Waals surface area contributed by atoms with E-state index in [0.717, 1.165) is 38.6 Å². The van der Waals surface area contributed by atoms with E-state index in [1.54, 1.807) is 0 Å². The summed E-state index contributed by atoms with van der Waals surface area (Å²) in [6.07, 6.45) is 4.17. The second-order valence-electron chi connectivity index (χ2n) is 4.48. The number of aldehydes is 1. The highest BCUT2D eigenvalue weighted by Crippen LogP contribution is 2.19. The topological polar surface area (TPSA) is 40.5 Å². The molecule has 0 radical (unpaired) electrons. The third-order valence-electron chi connectivity index (χ3n) is 2.92. The lowest BCUT2D eigenvalue weighted by atomic mass is 9.89. The maximum absolute atomic E-state index is 11.0. The Morgan fingerprint density at radius 2 is 2.00 bits per heavy atom. The summed E-state index contributed by atoms with van der Waals surface area (Å²) in [5, 5.41) is 8.95. The van der Waals surface area contributed by atoms with Crippen LogP contribution in [0.2, 0.25) is 0 Å². The zero-order chi connectivity index (χ0) is 11.7. The molecule has 0 saturated carbocycles. The molecule has 15 heavy (non-hydrogen) atoms. The number of nitrogens with zero attached hydrogens (tertiary/aromatic N) is 1. The van der Waals surface area contributed by atoms with Crippen LogP contribution in [0.25, 0.3) is 0 Å². The van der Waals surface area contributed by atoms with E-state index >= 15 is 0 Å². The van der Waals surface area contributed by atoms with E-state index in [1.807, 2.05) is 13.8 Å². The Hall–Kier alpha value is -0.410. The van der Waals surface area contributed by atoms with Gasteiger partial charge >= 0.3 is 0 Å². The summed E-state index contributed by atoms with van der Waals surface area (Å²) in [5.41, 5.74) is -0.261. The number of carbonyl (C=O) groups is 1. The van der Waals surface area contributed by atoms with Crippen molar-refractivity contribution in [1.82, 2.24) is 4.90 Å². The van der Waals surface area contributed by atoms with Crippen molar-refractivity contribution in [2.45, 2.75) is 40.0 Å². The van der Waals surface area contributed by atoms with Gasteiger partial charge in [0.05, 0.1) is 6.61 Å². The quantitative estimate of drug-likeness (QED) is 0.595. The minimum atomic E-state index is -0.261. The van der Waals surface area contributed by atoms with Crippen LogP contribution in [0.15, 0.2) is 0 Å². The number of hydrogen-bond donors (Lipinski definition) is 1. The van der Waals surface area contributed by atoms with Crippen molar-refractivity contribution >= 4 is 6.29 Å². The maximum Gasteiger partial charge on any atom is 0.127 e. The molecule has 0 aliphatic carbocycles. The molecule has 0 aromatic carbocycles. The molecule has 1 atom stereocenters. The van der Waals surface area contributed by atoms with Crippen LogP contribution in [0.3, 0.4) is 0 Å². The van der Waals surface area contributed by atoms with Crippen LogP contribution in [0.5, 0.6) is 0 Å². The fraction of sp³-hybridized carbons (Fsp3) is 0.917. The number of aliphatic hydroxyl groups excluding tert-OH is 1. The fourth-order valence-electron chi connectivity index (χ4n) is 1.54. The first kappa shape index (κ1) is 14.6. The van der Waals surface area contributed by atoms with Gasteiger partial charge in [0.25, 0.3) is 0 Å². The minimum absolute atomic E-state index is 0.169. The second-order valence-corrected chi connectivity index (χ2v) is 4.48. The molecule has 0 amide bonds. The molecular formula is C12H25NO2. The molecule has 0 aromatic heterocycles. The number of hydrogen-bond acceptors (Lipinski definition) is 3. The van der Waals surface area contributed by atoms with Gasteiger partial charge in [-0.1, -0.05) is 27.2 Å². The summed E-state index contributed by atoms with van der Waals surface area (Å²) in [6, 6.07) is 0. The lowest BCUT2D eigenvalue weighted by Gasteiger charge is -2.30. The van der Waals surface area contributed by atoms with Gasteiger partial charge in [-0.3, -0.25) is 0 Å². The molecule has 0 spiro atoms. The first-order valence-electron chi connectivity index (χ1n) is 5.91. The van der Waals surface area contributed by atoms with E-state index in [1.165, 1.54) is 0 Å². The van der Waals surface area contributed by atoms with Crippen LogP contribution in [-0.4, -0.2) is 42.5 Å². The SMILES string of the molecule is CCCCN(CCO)CC(C)(C=O)CC. The van der Waals surface area contributed by atoms with Crippen LogP contribution < -0.4 is 0 Å². The number of aliphatic hydroxyl groups is 1. The van der Waals surface area contributed by atoms with Crippen molar-refractivity contribution < 1.29 is 9.90 Å². The Labute approximate surface area is 93.5 Å². The number of unbranched alkanes of at least 4 members (excludes halogenated alkanes) is 1. The molecule has 0 heterocycles. The van der Waals surface area contributed by atoms with Crippen molar-refractivity contribution in [3.05, 3.63) is 0 Å². The Morgan fingerprint density at radius 1 is 1.33 bits per heavy atom. The molecule has 1 N–H and O–H groups in total. The van der Waals surface area contributed by atoms with Crippen LogP contribution in [0.1, 0.15) is 40.0 Å². The highest BCUT2D eigenvalue weighted by molar-refractivity contribution is 5.58. The summed E-state index contributed by atoms with van der Waals surface area (Å²) in [5.74, 6) is 0. The molecule has 0 fully saturated rings. The molecule has 0 bridgehead atoms. The van der Waals surface area contributed by atoms with Gasteiger partial charge in [-0.05, 0) is 19.4 Å². The van der Waals surface area contributed by atoms with Gasteiger partial charge < -0.3 is 14.8 Å². The van der Waals surface area contributed by atoms with Crippen molar-refractivity contribution in [1.29, 1.82) is 0 Å². The Bertz CT molecular complexity index is 173. The van der Waals surface area contributed by atoms with Gasteiger partial charge in [0.2, 0.25) is 0 Å². The summed E-state index contributed by atoms with van der Waals surface area (Å²) >= 11 is 0. The molecule has 0 saturated heterocycles. The highest BCUT2D eigenvalue weighted by atomic mass is 16.3. The molecule has 0 aliphatic rings. The van der Waals surface area contributed by atoms with Gasteiger partial charge in [0, 0.05) is 18.5 Å². The van der Waals surface area contributed by atoms with E-state index < -0.39 is 0 Å². The van der Waals surface area contributed by atoms with E-state index in [0.29, 0.717) is 6.54 Å². The summed E-state index contributed by atoms with van der Waals surface area (Å²) in [6.45, 7) is 8.73. The lowest BCUT2D eigenvalue weighted by Crippen LogP contribution is -2.38. The zero-order valence-corrected chi connectivity index (χ0v) is 10.3. The zero-order valence-electron chi connectivity index (χ0n) is 10.3. The normalized spacial score (nSPS) is 15.3. The average molecular weight is 215 g/mol. The monoisotopic (exact) mass is 215 g/mol. The average Bonchev–Trinajstić information content (AvgIpc) is 2.26. The summed E-state index contributed by atoms with van der Waals surface area (Å²) in [7, 11) is 0. The number of rotatable bonds is 9. The molecule has 90 valence electrons.